The van der Waals surface area contributed by atoms with Gasteiger partial charge in [-0.1, -0.05) is 11.8 Å². The standard InChI is InChI=1S/C24H27N5OS/c1-17-16-26-24(27-19-4-6-20(7-5-19)29-11-13-30-14-12-29)28-23(17)31-21-8-9-22-18(15-21)3-2-10-25-22/h4-9,15-16,25H,2-3,10-14H2,1H3,(H,26,27,28). The van der Waals surface area contributed by atoms with Crippen molar-refractivity contribution in [3.05, 3.63) is 59.8 Å². The Labute approximate surface area is 187 Å². The van der Waals surface area contributed by atoms with Gasteiger partial charge in [0, 0.05) is 53.4 Å². The van der Waals surface area contributed by atoms with Gasteiger partial charge in [-0.3, -0.25) is 0 Å². The topological polar surface area (TPSA) is 62.3 Å². The highest BCUT2D eigenvalue weighted by Gasteiger charge is 2.13. The van der Waals surface area contributed by atoms with Gasteiger partial charge < -0.3 is 20.3 Å². The summed E-state index contributed by atoms with van der Waals surface area (Å²) in [6, 6.07) is 15.1. The molecule has 0 radical (unpaired) electrons. The van der Waals surface area contributed by atoms with E-state index in [1.165, 1.54) is 28.3 Å². The average molecular weight is 434 g/mol. The minimum absolute atomic E-state index is 0.617. The van der Waals surface area contributed by atoms with Crippen LogP contribution in [0.4, 0.5) is 23.0 Å². The summed E-state index contributed by atoms with van der Waals surface area (Å²) in [5.74, 6) is 0.617. The van der Waals surface area contributed by atoms with Crippen molar-refractivity contribution < 1.29 is 4.74 Å². The largest absolute Gasteiger partial charge is 0.385 e. The Bertz CT molecular complexity index is 1050. The Balaban J connectivity index is 1.29. The van der Waals surface area contributed by atoms with Crippen LogP contribution >= 0.6 is 11.8 Å². The highest BCUT2D eigenvalue weighted by Crippen LogP contribution is 2.33. The fourth-order valence-corrected chi connectivity index (χ4v) is 4.83. The number of ether oxygens (including phenoxy) is 1. The third-order valence-electron chi connectivity index (χ3n) is 5.65. The van der Waals surface area contributed by atoms with Crippen molar-refractivity contribution in [3.8, 4) is 0 Å². The number of aromatic nitrogens is 2. The number of benzene rings is 2. The molecule has 2 N–H and O–H groups in total. The van der Waals surface area contributed by atoms with E-state index in [0.717, 1.165) is 55.5 Å². The second-order valence-electron chi connectivity index (χ2n) is 7.90. The van der Waals surface area contributed by atoms with E-state index in [1.54, 1.807) is 11.8 Å². The number of nitrogens with one attached hydrogen (secondary N) is 2. The molecular weight excluding hydrogens is 406 g/mol. The van der Waals surface area contributed by atoms with Gasteiger partial charge in [-0.2, -0.15) is 0 Å². The normalized spacial score (nSPS) is 15.8. The highest BCUT2D eigenvalue weighted by molar-refractivity contribution is 7.99. The maximum absolute atomic E-state index is 5.44. The number of hydrogen-bond acceptors (Lipinski definition) is 7. The van der Waals surface area contributed by atoms with Crippen LogP contribution in [0.2, 0.25) is 0 Å². The molecule has 0 bridgehead atoms. The van der Waals surface area contributed by atoms with Crippen molar-refractivity contribution in [1.82, 2.24) is 9.97 Å². The average Bonchev–Trinajstić information content (AvgIpc) is 2.82. The van der Waals surface area contributed by atoms with Gasteiger partial charge in [0.25, 0.3) is 0 Å². The molecule has 31 heavy (non-hydrogen) atoms. The van der Waals surface area contributed by atoms with Crippen LogP contribution in [0.15, 0.2) is 58.6 Å². The van der Waals surface area contributed by atoms with Crippen LogP contribution in [0.1, 0.15) is 17.5 Å². The Kier molecular flexibility index (Phi) is 5.95. The van der Waals surface area contributed by atoms with Crippen molar-refractivity contribution in [2.75, 3.05) is 48.4 Å². The number of morpholine rings is 1. The number of nitrogens with zero attached hydrogens (tertiary/aromatic N) is 3. The zero-order valence-corrected chi connectivity index (χ0v) is 18.5. The fourth-order valence-electron chi connectivity index (χ4n) is 3.92. The van der Waals surface area contributed by atoms with Crippen LogP contribution in [-0.4, -0.2) is 42.8 Å². The van der Waals surface area contributed by atoms with Gasteiger partial charge in [-0.15, -0.1) is 0 Å². The minimum atomic E-state index is 0.617. The van der Waals surface area contributed by atoms with Crippen molar-refractivity contribution in [3.63, 3.8) is 0 Å². The molecule has 6 nitrogen and oxygen atoms in total. The van der Waals surface area contributed by atoms with Gasteiger partial charge in [0.1, 0.15) is 5.03 Å². The molecule has 0 spiro atoms. The summed E-state index contributed by atoms with van der Waals surface area (Å²) in [5.41, 5.74) is 5.93. The summed E-state index contributed by atoms with van der Waals surface area (Å²) in [5, 5.41) is 7.80. The molecule has 2 aliphatic rings. The minimum Gasteiger partial charge on any atom is -0.385 e. The number of rotatable bonds is 5. The van der Waals surface area contributed by atoms with Crippen LogP contribution in [0.3, 0.4) is 0 Å². The molecule has 0 aliphatic carbocycles. The molecule has 0 amide bonds. The Hall–Kier alpha value is -2.77. The first-order chi connectivity index (χ1) is 15.2. The number of aryl methyl sites for hydroxylation is 2. The van der Waals surface area contributed by atoms with Gasteiger partial charge in [-0.25, -0.2) is 9.97 Å². The quantitative estimate of drug-likeness (QED) is 0.556. The predicted octanol–water partition coefficient (Wildman–Crippen LogP) is 4.87. The maximum atomic E-state index is 5.44. The van der Waals surface area contributed by atoms with Crippen molar-refractivity contribution >= 4 is 34.8 Å². The van der Waals surface area contributed by atoms with Gasteiger partial charge in [0.2, 0.25) is 5.95 Å². The molecule has 1 fully saturated rings. The van der Waals surface area contributed by atoms with Crippen molar-refractivity contribution in [1.29, 1.82) is 0 Å². The second kappa shape index (κ2) is 9.16. The lowest BCUT2D eigenvalue weighted by Gasteiger charge is -2.28. The van der Waals surface area contributed by atoms with Gasteiger partial charge in [0.05, 0.1) is 13.2 Å². The molecule has 160 valence electrons. The summed E-state index contributed by atoms with van der Waals surface area (Å²) in [6.45, 7) is 6.58. The van der Waals surface area contributed by atoms with Gasteiger partial charge in [0.15, 0.2) is 0 Å². The third kappa shape index (κ3) is 4.78. The molecule has 3 heterocycles. The molecule has 0 saturated carbocycles. The smallest absolute Gasteiger partial charge is 0.228 e. The summed E-state index contributed by atoms with van der Waals surface area (Å²) < 4.78 is 5.44. The Morgan fingerprint density at radius 1 is 1.10 bits per heavy atom. The summed E-state index contributed by atoms with van der Waals surface area (Å²) in [7, 11) is 0. The van der Waals surface area contributed by atoms with Crippen molar-refractivity contribution in [2.45, 2.75) is 29.7 Å². The maximum Gasteiger partial charge on any atom is 0.228 e. The summed E-state index contributed by atoms with van der Waals surface area (Å²) >= 11 is 1.70. The zero-order chi connectivity index (χ0) is 21.0. The lowest BCUT2D eigenvalue weighted by molar-refractivity contribution is 0.122. The number of hydrogen-bond donors (Lipinski definition) is 2. The number of fused-ring (bicyclic) bond motifs is 1. The second-order valence-corrected chi connectivity index (χ2v) is 8.97. The zero-order valence-electron chi connectivity index (χ0n) is 17.7. The van der Waals surface area contributed by atoms with E-state index in [9.17, 15) is 0 Å². The third-order valence-corrected chi connectivity index (χ3v) is 6.75. The summed E-state index contributed by atoms with van der Waals surface area (Å²) in [6.07, 6.45) is 4.21. The monoisotopic (exact) mass is 433 g/mol. The lowest BCUT2D eigenvalue weighted by atomic mass is 10.0. The van der Waals surface area contributed by atoms with Gasteiger partial charge in [-0.05, 0) is 67.8 Å². The van der Waals surface area contributed by atoms with Crippen LogP contribution < -0.4 is 15.5 Å². The van der Waals surface area contributed by atoms with Gasteiger partial charge >= 0.3 is 0 Å². The molecule has 2 aromatic carbocycles. The molecule has 0 atom stereocenters. The van der Waals surface area contributed by atoms with E-state index in [-0.39, 0.29) is 0 Å². The molecule has 0 unspecified atom stereocenters. The van der Waals surface area contributed by atoms with Crippen LogP contribution in [0.5, 0.6) is 0 Å². The highest BCUT2D eigenvalue weighted by atomic mass is 32.2. The molecule has 1 aromatic heterocycles. The molecule has 1 saturated heterocycles. The van der Waals surface area contributed by atoms with E-state index in [2.05, 4.69) is 69.9 Å². The fraction of sp³-hybridized carbons (Fsp3) is 0.333. The van der Waals surface area contributed by atoms with E-state index in [1.807, 2.05) is 6.20 Å². The molecule has 3 aromatic rings. The predicted molar refractivity (Wildman–Crippen MR) is 127 cm³/mol. The first-order valence-corrected chi connectivity index (χ1v) is 11.6. The van der Waals surface area contributed by atoms with Crippen molar-refractivity contribution in [2.24, 2.45) is 0 Å². The Morgan fingerprint density at radius 3 is 2.77 bits per heavy atom. The Morgan fingerprint density at radius 2 is 1.94 bits per heavy atom. The van der Waals surface area contributed by atoms with Crippen LogP contribution in [0.25, 0.3) is 0 Å². The van der Waals surface area contributed by atoms with Crippen LogP contribution in [0, 0.1) is 6.92 Å². The first kappa shape index (κ1) is 20.2. The number of anilines is 4. The molecule has 5 rings (SSSR count). The SMILES string of the molecule is Cc1cnc(Nc2ccc(N3CCOCC3)cc2)nc1Sc1ccc2c(c1)CCCN2. The molecular formula is C24H27N5OS. The molecule has 7 heteroatoms. The van der Waals surface area contributed by atoms with E-state index in [4.69, 9.17) is 9.72 Å². The van der Waals surface area contributed by atoms with E-state index < -0.39 is 0 Å². The van der Waals surface area contributed by atoms with E-state index >= 15 is 0 Å². The summed E-state index contributed by atoms with van der Waals surface area (Å²) in [4.78, 5) is 12.8. The van der Waals surface area contributed by atoms with Crippen LogP contribution in [-0.2, 0) is 11.2 Å². The first-order valence-electron chi connectivity index (χ1n) is 10.8. The molecule has 2 aliphatic heterocycles. The lowest BCUT2D eigenvalue weighted by Crippen LogP contribution is -2.36. The van der Waals surface area contributed by atoms with E-state index in [0.29, 0.717) is 5.95 Å².